The Hall–Kier alpha value is -2.31. The summed E-state index contributed by atoms with van der Waals surface area (Å²) in [6.45, 7) is 2.12. The Bertz CT molecular complexity index is 602. The molecule has 1 N–H and O–H groups in total. The lowest BCUT2D eigenvalue weighted by Crippen LogP contribution is -2.10. The number of aliphatic hydroxyl groups is 1. The van der Waals surface area contributed by atoms with Crippen molar-refractivity contribution in [2.45, 2.75) is 13.0 Å². The number of ether oxygens (including phenoxy) is 1. The van der Waals surface area contributed by atoms with Gasteiger partial charge < -0.3 is 9.84 Å². The van der Waals surface area contributed by atoms with Crippen molar-refractivity contribution in [3.63, 3.8) is 0 Å². The molecule has 0 saturated heterocycles. The molecule has 0 aromatic heterocycles. The topological polar surface area (TPSA) is 53.2 Å². The first-order valence-corrected chi connectivity index (χ1v) is 6.07. The van der Waals surface area contributed by atoms with E-state index >= 15 is 0 Å². The fraction of sp³-hybridized carbons (Fsp3) is 0.188. The highest BCUT2D eigenvalue weighted by Gasteiger charge is 2.09. The van der Waals surface area contributed by atoms with E-state index in [1.807, 2.05) is 31.2 Å². The summed E-state index contributed by atoms with van der Waals surface area (Å²) in [6, 6.07) is 16.6. The van der Waals surface area contributed by atoms with Crippen molar-refractivity contribution in [2.24, 2.45) is 0 Å². The average molecular weight is 253 g/mol. The average Bonchev–Trinajstić information content (AvgIpc) is 2.46. The molecule has 2 aromatic carbocycles. The van der Waals surface area contributed by atoms with Gasteiger partial charge in [-0.15, -0.1) is 0 Å². The molecule has 0 radical (unpaired) electrons. The van der Waals surface area contributed by atoms with Crippen LogP contribution in [0.2, 0.25) is 0 Å². The molecule has 2 rings (SSSR count). The van der Waals surface area contributed by atoms with Gasteiger partial charge in [0, 0.05) is 0 Å². The molecule has 0 spiro atoms. The number of rotatable bonds is 4. The van der Waals surface area contributed by atoms with E-state index in [9.17, 15) is 5.11 Å². The summed E-state index contributed by atoms with van der Waals surface area (Å²) in [6.07, 6.45) is -0.743. The predicted octanol–water partition coefficient (Wildman–Crippen LogP) is 2.98. The molecule has 3 heteroatoms. The zero-order valence-electron chi connectivity index (χ0n) is 10.7. The van der Waals surface area contributed by atoms with Crippen LogP contribution in [0.3, 0.4) is 0 Å². The second-order valence-electron chi connectivity index (χ2n) is 4.33. The monoisotopic (exact) mass is 253 g/mol. The predicted molar refractivity (Wildman–Crippen MR) is 72.8 cm³/mol. The van der Waals surface area contributed by atoms with Crippen molar-refractivity contribution in [3.8, 4) is 11.8 Å². The lowest BCUT2D eigenvalue weighted by molar-refractivity contribution is 0.108. The lowest BCUT2D eigenvalue weighted by atomic mass is 10.1. The molecule has 3 nitrogen and oxygen atoms in total. The molecule has 0 aliphatic heterocycles. The van der Waals surface area contributed by atoms with Gasteiger partial charge in [-0.25, -0.2) is 0 Å². The minimum Gasteiger partial charge on any atom is -0.490 e. The summed E-state index contributed by atoms with van der Waals surface area (Å²) in [5.74, 6) is 0.762. The second-order valence-corrected chi connectivity index (χ2v) is 4.33. The molecule has 96 valence electrons. The Morgan fingerprint density at radius 2 is 2.00 bits per heavy atom. The van der Waals surface area contributed by atoms with Gasteiger partial charge in [-0.2, -0.15) is 5.26 Å². The van der Waals surface area contributed by atoms with Crippen LogP contribution in [0.15, 0.2) is 48.5 Å². The van der Waals surface area contributed by atoms with E-state index in [0.29, 0.717) is 11.1 Å². The van der Waals surface area contributed by atoms with E-state index in [4.69, 9.17) is 10.00 Å². The summed E-state index contributed by atoms with van der Waals surface area (Å²) in [5.41, 5.74) is 2.25. The van der Waals surface area contributed by atoms with Crippen molar-refractivity contribution in [2.75, 3.05) is 6.61 Å². The largest absolute Gasteiger partial charge is 0.490 e. The Labute approximate surface area is 112 Å². The molecule has 0 aliphatic rings. The molecular weight excluding hydrogens is 238 g/mol. The minimum atomic E-state index is -0.743. The van der Waals surface area contributed by atoms with Gasteiger partial charge in [0.2, 0.25) is 0 Å². The van der Waals surface area contributed by atoms with Gasteiger partial charge >= 0.3 is 0 Å². The third kappa shape index (κ3) is 3.34. The molecule has 0 heterocycles. The van der Waals surface area contributed by atoms with Gasteiger partial charge in [0.05, 0.1) is 11.6 Å². The number of aliphatic hydroxyl groups excluding tert-OH is 1. The summed E-state index contributed by atoms with van der Waals surface area (Å²) >= 11 is 0. The number of nitriles is 1. The quantitative estimate of drug-likeness (QED) is 0.911. The maximum atomic E-state index is 10.1. The molecule has 0 amide bonds. The molecule has 19 heavy (non-hydrogen) atoms. The standard InChI is InChI=1S/C16H15NO2/c1-12-5-2-3-8-16(12)19-11-15(18)14-7-4-6-13(9-14)10-17/h2-9,15,18H,11H2,1H3. The number of nitrogens with zero attached hydrogens (tertiary/aromatic N) is 1. The van der Waals surface area contributed by atoms with Gasteiger partial charge in [-0.05, 0) is 36.2 Å². The maximum absolute atomic E-state index is 10.1. The number of para-hydroxylation sites is 1. The van der Waals surface area contributed by atoms with Crippen LogP contribution in [-0.2, 0) is 0 Å². The third-order valence-corrected chi connectivity index (χ3v) is 2.89. The molecule has 0 bridgehead atoms. The zero-order chi connectivity index (χ0) is 13.7. The van der Waals surface area contributed by atoms with Gasteiger partial charge in [0.25, 0.3) is 0 Å². The highest BCUT2D eigenvalue weighted by molar-refractivity contribution is 5.34. The maximum Gasteiger partial charge on any atom is 0.122 e. The third-order valence-electron chi connectivity index (χ3n) is 2.89. The van der Waals surface area contributed by atoms with Crippen molar-refractivity contribution in [1.29, 1.82) is 5.26 Å². The first kappa shape index (κ1) is 13.1. The first-order chi connectivity index (χ1) is 9.20. The van der Waals surface area contributed by atoms with Crippen LogP contribution in [0.4, 0.5) is 0 Å². The molecule has 0 fully saturated rings. The van der Waals surface area contributed by atoms with Crippen molar-refractivity contribution in [1.82, 2.24) is 0 Å². The summed E-state index contributed by atoms with van der Waals surface area (Å²) < 4.78 is 5.59. The van der Waals surface area contributed by atoms with Crippen LogP contribution >= 0.6 is 0 Å². The van der Waals surface area contributed by atoms with Crippen LogP contribution in [0, 0.1) is 18.3 Å². The smallest absolute Gasteiger partial charge is 0.122 e. The summed E-state index contributed by atoms with van der Waals surface area (Å²) in [5, 5.41) is 18.9. The fourth-order valence-electron chi connectivity index (χ4n) is 1.80. The molecule has 0 saturated carbocycles. The van der Waals surface area contributed by atoms with E-state index in [-0.39, 0.29) is 6.61 Å². The molecule has 0 aliphatic carbocycles. The highest BCUT2D eigenvalue weighted by Crippen LogP contribution is 2.20. The normalized spacial score (nSPS) is 11.6. The number of hydrogen-bond donors (Lipinski definition) is 1. The minimum absolute atomic E-state index is 0.166. The van der Waals surface area contributed by atoms with Crippen LogP contribution in [0.5, 0.6) is 5.75 Å². The molecular formula is C16H15NO2. The van der Waals surface area contributed by atoms with E-state index in [1.54, 1.807) is 24.3 Å². The van der Waals surface area contributed by atoms with Crippen LogP contribution in [0.25, 0.3) is 0 Å². The van der Waals surface area contributed by atoms with E-state index < -0.39 is 6.10 Å². The number of aryl methyl sites for hydroxylation is 1. The van der Waals surface area contributed by atoms with Gasteiger partial charge in [-0.1, -0.05) is 30.3 Å². The zero-order valence-corrected chi connectivity index (χ0v) is 10.7. The molecule has 1 unspecified atom stereocenters. The number of benzene rings is 2. The van der Waals surface area contributed by atoms with Gasteiger partial charge in [-0.3, -0.25) is 0 Å². The van der Waals surface area contributed by atoms with Crippen molar-refractivity contribution < 1.29 is 9.84 Å². The highest BCUT2D eigenvalue weighted by atomic mass is 16.5. The Morgan fingerprint density at radius 3 is 2.74 bits per heavy atom. The van der Waals surface area contributed by atoms with Gasteiger partial charge in [0.15, 0.2) is 0 Å². The van der Waals surface area contributed by atoms with Crippen LogP contribution in [0.1, 0.15) is 22.8 Å². The second kappa shape index (κ2) is 6.03. The van der Waals surface area contributed by atoms with E-state index in [1.165, 1.54) is 0 Å². The Kier molecular flexibility index (Phi) is 4.17. The summed E-state index contributed by atoms with van der Waals surface area (Å²) in [7, 11) is 0. The Balaban J connectivity index is 2.03. The molecule has 1 atom stereocenters. The van der Waals surface area contributed by atoms with Crippen molar-refractivity contribution in [3.05, 3.63) is 65.2 Å². The first-order valence-electron chi connectivity index (χ1n) is 6.07. The lowest BCUT2D eigenvalue weighted by Gasteiger charge is -2.14. The number of hydrogen-bond acceptors (Lipinski definition) is 3. The summed E-state index contributed by atoms with van der Waals surface area (Å²) in [4.78, 5) is 0. The SMILES string of the molecule is Cc1ccccc1OCC(O)c1cccc(C#N)c1. The van der Waals surface area contributed by atoms with Crippen LogP contribution < -0.4 is 4.74 Å². The Morgan fingerprint density at radius 1 is 1.21 bits per heavy atom. The van der Waals surface area contributed by atoms with Crippen molar-refractivity contribution >= 4 is 0 Å². The van der Waals surface area contributed by atoms with Crippen LogP contribution in [-0.4, -0.2) is 11.7 Å². The fourth-order valence-corrected chi connectivity index (χ4v) is 1.80. The van der Waals surface area contributed by atoms with Gasteiger partial charge in [0.1, 0.15) is 18.5 Å². The molecule has 2 aromatic rings. The van der Waals surface area contributed by atoms with E-state index in [0.717, 1.165) is 11.3 Å². The van der Waals surface area contributed by atoms with E-state index in [2.05, 4.69) is 6.07 Å².